The molecule has 0 spiro atoms. The van der Waals surface area contributed by atoms with Gasteiger partial charge in [0.15, 0.2) is 5.78 Å². The number of likely N-dealkylation sites (tertiary alicyclic amines) is 1. The molecule has 2 aliphatic rings. The molecule has 0 atom stereocenters. The van der Waals surface area contributed by atoms with Crippen LogP contribution < -0.4 is 5.32 Å². The van der Waals surface area contributed by atoms with Crippen molar-refractivity contribution in [1.82, 2.24) is 10.2 Å². The Labute approximate surface area is 136 Å². The van der Waals surface area contributed by atoms with E-state index in [4.69, 9.17) is 0 Å². The summed E-state index contributed by atoms with van der Waals surface area (Å²) >= 11 is 0. The molecule has 122 valence electrons. The molecule has 5 heteroatoms. The molecule has 1 aromatic rings. The highest BCUT2D eigenvalue weighted by Crippen LogP contribution is 2.27. The second kappa shape index (κ2) is 6.52. The molecule has 3 rings (SSSR count). The van der Waals surface area contributed by atoms with Crippen molar-refractivity contribution < 1.29 is 14.4 Å². The molecule has 1 aliphatic carbocycles. The summed E-state index contributed by atoms with van der Waals surface area (Å²) in [4.78, 5) is 37.5. The van der Waals surface area contributed by atoms with Crippen molar-refractivity contribution in [2.75, 3.05) is 19.6 Å². The number of hydrogen-bond acceptors (Lipinski definition) is 3. The number of benzene rings is 1. The van der Waals surface area contributed by atoms with Crippen LogP contribution in [0, 0.1) is 5.92 Å². The Morgan fingerprint density at radius 1 is 1.22 bits per heavy atom. The fourth-order valence-corrected chi connectivity index (χ4v) is 3.49. The van der Waals surface area contributed by atoms with Gasteiger partial charge in [-0.2, -0.15) is 0 Å². The van der Waals surface area contributed by atoms with Crippen molar-refractivity contribution in [3.63, 3.8) is 0 Å². The lowest BCUT2D eigenvalue weighted by atomic mass is 9.95. The van der Waals surface area contributed by atoms with Crippen LogP contribution in [-0.2, 0) is 11.2 Å². The standard InChI is InChI=1S/C18H22N2O3/c1-12(21)19-11-13-7-9-20(10-8-13)18(23)16-4-2-3-15-14(16)5-6-17(15)22/h2-4,13H,5-11H2,1H3,(H,19,21). The van der Waals surface area contributed by atoms with E-state index in [0.29, 0.717) is 44.0 Å². The van der Waals surface area contributed by atoms with Gasteiger partial charge in [-0.05, 0) is 36.8 Å². The van der Waals surface area contributed by atoms with Gasteiger partial charge in [0.1, 0.15) is 0 Å². The summed E-state index contributed by atoms with van der Waals surface area (Å²) in [7, 11) is 0. The average molecular weight is 314 g/mol. The molecule has 1 aromatic carbocycles. The quantitative estimate of drug-likeness (QED) is 0.925. The summed E-state index contributed by atoms with van der Waals surface area (Å²) in [6.45, 7) is 3.63. The second-order valence-corrected chi connectivity index (χ2v) is 6.43. The summed E-state index contributed by atoms with van der Waals surface area (Å²) < 4.78 is 0. The van der Waals surface area contributed by atoms with Gasteiger partial charge < -0.3 is 10.2 Å². The number of amides is 2. The Morgan fingerprint density at radius 2 is 1.96 bits per heavy atom. The van der Waals surface area contributed by atoms with Crippen LogP contribution in [0.2, 0.25) is 0 Å². The lowest BCUT2D eigenvalue weighted by molar-refractivity contribution is -0.119. The number of nitrogens with zero attached hydrogens (tertiary/aromatic N) is 1. The Morgan fingerprint density at radius 3 is 2.65 bits per heavy atom. The number of nitrogens with one attached hydrogen (secondary N) is 1. The van der Waals surface area contributed by atoms with E-state index >= 15 is 0 Å². The smallest absolute Gasteiger partial charge is 0.254 e. The fraction of sp³-hybridized carbons (Fsp3) is 0.500. The minimum atomic E-state index is -0.00646. The highest BCUT2D eigenvalue weighted by molar-refractivity contribution is 6.05. The number of carbonyl (C=O) groups excluding carboxylic acids is 3. The average Bonchev–Trinajstić information content (AvgIpc) is 2.94. The van der Waals surface area contributed by atoms with Gasteiger partial charge in [-0.1, -0.05) is 12.1 Å². The predicted octanol–water partition coefficient (Wildman–Crippen LogP) is 1.80. The molecule has 1 heterocycles. The number of ketones is 1. The molecule has 0 radical (unpaired) electrons. The molecule has 23 heavy (non-hydrogen) atoms. The maximum absolute atomic E-state index is 12.8. The van der Waals surface area contributed by atoms with E-state index < -0.39 is 0 Å². The summed E-state index contributed by atoms with van der Waals surface area (Å²) in [6, 6.07) is 5.46. The van der Waals surface area contributed by atoms with Crippen molar-refractivity contribution in [1.29, 1.82) is 0 Å². The Bertz CT molecular complexity index is 646. The zero-order valence-corrected chi connectivity index (χ0v) is 13.4. The molecule has 5 nitrogen and oxygen atoms in total. The van der Waals surface area contributed by atoms with Crippen molar-refractivity contribution in [3.05, 3.63) is 34.9 Å². The minimum absolute atomic E-state index is 0.00646. The topological polar surface area (TPSA) is 66.5 Å². The molecule has 1 aliphatic heterocycles. The van der Waals surface area contributed by atoms with Crippen LogP contribution >= 0.6 is 0 Å². The maximum atomic E-state index is 12.8. The van der Waals surface area contributed by atoms with Crippen LogP contribution in [0.5, 0.6) is 0 Å². The Hall–Kier alpha value is -2.17. The zero-order chi connectivity index (χ0) is 16.4. The molecule has 0 aromatic heterocycles. The number of piperidine rings is 1. The molecule has 1 N–H and O–H groups in total. The van der Waals surface area contributed by atoms with Crippen molar-refractivity contribution in [2.24, 2.45) is 5.92 Å². The van der Waals surface area contributed by atoms with Crippen molar-refractivity contribution >= 4 is 17.6 Å². The van der Waals surface area contributed by atoms with Gasteiger partial charge in [0.25, 0.3) is 5.91 Å². The summed E-state index contributed by atoms with van der Waals surface area (Å²) in [5.41, 5.74) is 2.33. The number of fused-ring (bicyclic) bond motifs is 1. The number of hydrogen-bond donors (Lipinski definition) is 1. The van der Waals surface area contributed by atoms with Gasteiger partial charge >= 0.3 is 0 Å². The summed E-state index contributed by atoms with van der Waals surface area (Å²) in [5.74, 6) is 0.609. The molecular formula is C18H22N2O3. The third-order valence-electron chi connectivity index (χ3n) is 4.85. The van der Waals surface area contributed by atoms with Crippen LogP contribution in [0.1, 0.15) is 52.5 Å². The Balaban J connectivity index is 1.65. The van der Waals surface area contributed by atoms with Crippen LogP contribution in [0.3, 0.4) is 0 Å². The van der Waals surface area contributed by atoms with Crippen molar-refractivity contribution in [3.8, 4) is 0 Å². The van der Waals surface area contributed by atoms with E-state index in [9.17, 15) is 14.4 Å². The fourth-order valence-electron chi connectivity index (χ4n) is 3.49. The normalized spacial score (nSPS) is 18.0. The molecule has 1 fully saturated rings. The molecule has 0 unspecified atom stereocenters. The monoisotopic (exact) mass is 314 g/mol. The zero-order valence-electron chi connectivity index (χ0n) is 13.4. The van der Waals surface area contributed by atoms with E-state index in [2.05, 4.69) is 5.32 Å². The molecule has 1 saturated heterocycles. The molecule has 0 saturated carbocycles. The largest absolute Gasteiger partial charge is 0.356 e. The predicted molar refractivity (Wildman–Crippen MR) is 86.4 cm³/mol. The first-order valence-electron chi connectivity index (χ1n) is 8.25. The third kappa shape index (κ3) is 3.28. The highest BCUT2D eigenvalue weighted by atomic mass is 16.2. The third-order valence-corrected chi connectivity index (χ3v) is 4.85. The maximum Gasteiger partial charge on any atom is 0.254 e. The first-order chi connectivity index (χ1) is 11.1. The number of rotatable bonds is 3. The Kier molecular flexibility index (Phi) is 4.46. The second-order valence-electron chi connectivity index (χ2n) is 6.43. The van der Waals surface area contributed by atoms with E-state index in [-0.39, 0.29) is 17.6 Å². The molecular weight excluding hydrogens is 292 g/mol. The van der Waals surface area contributed by atoms with Crippen LogP contribution in [0.25, 0.3) is 0 Å². The molecule has 0 bridgehead atoms. The lowest BCUT2D eigenvalue weighted by Gasteiger charge is -2.32. The van der Waals surface area contributed by atoms with E-state index in [1.807, 2.05) is 17.0 Å². The SMILES string of the molecule is CC(=O)NCC1CCN(C(=O)c2cccc3c2CCC3=O)CC1. The van der Waals surface area contributed by atoms with Gasteiger partial charge in [-0.3, -0.25) is 14.4 Å². The number of Topliss-reactive ketones (excluding diaryl/α,β-unsaturated/α-hetero) is 1. The summed E-state index contributed by atoms with van der Waals surface area (Å²) in [6.07, 6.45) is 2.99. The van der Waals surface area contributed by atoms with E-state index in [0.717, 1.165) is 24.0 Å². The van der Waals surface area contributed by atoms with Gasteiger partial charge in [-0.25, -0.2) is 0 Å². The first kappa shape index (κ1) is 15.7. The van der Waals surface area contributed by atoms with Crippen molar-refractivity contribution in [2.45, 2.75) is 32.6 Å². The summed E-state index contributed by atoms with van der Waals surface area (Å²) in [5, 5.41) is 2.85. The van der Waals surface area contributed by atoms with Crippen LogP contribution in [-0.4, -0.2) is 42.1 Å². The van der Waals surface area contributed by atoms with Gasteiger partial charge in [0, 0.05) is 44.1 Å². The van der Waals surface area contributed by atoms with Crippen LogP contribution in [0.15, 0.2) is 18.2 Å². The van der Waals surface area contributed by atoms with Gasteiger partial charge in [0.05, 0.1) is 0 Å². The first-order valence-corrected chi connectivity index (χ1v) is 8.25. The van der Waals surface area contributed by atoms with E-state index in [1.165, 1.54) is 6.92 Å². The highest BCUT2D eigenvalue weighted by Gasteiger charge is 2.29. The van der Waals surface area contributed by atoms with Gasteiger partial charge in [-0.15, -0.1) is 0 Å². The van der Waals surface area contributed by atoms with Crippen LogP contribution in [0.4, 0.5) is 0 Å². The lowest BCUT2D eigenvalue weighted by Crippen LogP contribution is -2.41. The van der Waals surface area contributed by atoms with Gasteiger partial charge in [0.2, 0.25) is 5.91 Å². The number of carbonyl (C=O) groups is 3. The van der Waals surface area contributed by atoms with E-state index in [1.54, 1.807) is 6.07 Å². The minimum Gasteiger partial charge on any atom is -0.356 e. The molecule has 2 amide bonds.